The number of fused-ring (bicyclic) bond motifs is 1. The van der Waals surface area contributed by atoms with Crippen LogP contribution in [0.25, 0.3) is 11.1 Å². The Labute approximate surface area is 154 Å². The molecule has 26 heavy (non-hydrogen) atoms. The third-order valence-electron chi connectivity index (χ3n) is 5.73. The molecule has 0 unspecified atom stereocenters. The van der Waals surface area contributed by atoms with Crippen LogP contribution >= 0.6 is 0 Å². The van der Waals surface area contributed by atoms with E-state index >= 15 is 0 Å². The van der Waals surface area contributed by atoms with Crippen LogP contribution in [0.5, 0.6) is 0 Å². The van der Waals surface area contributed by atoms with Gasteiger partial charge in [-0.05, 0) is 59.7 Å². The molecule has 2 aromatic rings. The lowest BCUT2D eigenvalue weighted by molar-refractivity contribution is 0.383. The molecule has 132 valence electrons. The zero-order chi connectivity index (χ0) is 18.4. The molecule has 0 radical (unpaired) electrons. The van der Waals surface area contributed by atoms with Crippen LogP contribution in [0.1, 0.15) is 29.5 Å². The molecule has 1 aliphatic carbocycles. The first-order valence-electron chi connectivity index (χ1n) is 8.78. The highest BCUT2D eigenvalue weighted by Crippen LogP contribution is 2.46. The number of hydrogen-bond acceptors (Lipinski definition) is 4. The highest BCUT2D eigenvalue weighted by atomic mass is 32.2. The molecule has 2 aromatic carbocycles. The van der Waals surface area contributed by atoms with Crippen molar-refractivity contribution in [1.82, 2.24) is 0 Å². The van der Waals surface area contributed by atoms with Crippen LogP contribution < -0.4 is 0 Å². The molecule has 4 rings (SSSR count). The predicted molar refractivity (Wildman–Crippen MR) is 103 cm³/mol. The minimum Gasteiger partial charge on any atom is -0.292 e. The summed E-state index contributed by atoms with van der Waals surface area (Å²) >= 11 is 0. The summed E-state index contributed by atoms with van der Waals surface area (Å²) in [6.45, 7) is 0. The summed E-state index contributed by atoms with van der Waals surface area (Å²) in [5.74, 6) is 0.494. The van der Waals surface area contributed by atoms with Gasteiger partial charge in [0.2, 0.25) is 0 Å². The Hall–Kier alpha value is -2.45. The molecule has 1 fully saturated rings. The van der Waals surface area contributed by atoms with Crippen LogP contribution in [-0.4, -0.2) is 32.7 Å². The van der Waals surface area contributed by atoms with Crippen LogP contribution in [0, 0.1) is 16.7 Å². The molecule has 0 atom stereocenters. The van der Waals surface area contributed by atoms with Crippen molar-refractivity contribution in [3.8, 4) is 17.2 Å². The van der Waals surface area contributed by atoms with E-state index in [2.05, 4.69) is 29.3 Å². The van der Waals surface area contributed by atoms with Crippen molar-refractivity contribution in [3.63, 3.8) is 0 Å². The molecule has 1 aliphatic heterocycles. The first-order chi connectivity index (χ1) is 12.5. The minimum absolute atomic E-state index is 0.143. The molecule has 0 amide bonds. The molecule has 0 aromatic heterocycles. The number of nitrogens with zero attached hydrogens (tertiary/aromatic N) is 2. The topological polar surface area (TPSA) is 70.3 Å². The normalized spacial score (nSPS) is 21.5. The van der Waals surface area contributed by atoms with Gasteiger partial charge in [-0.1, -0.05) is 24.3 Å². The van der Waals surface area contributed by atoms with Crippen LogP contribution in [0.2, 0.25) is 0 Å². The van der Waals surface area contributed by atoms with E-state index in [4.69, 9.17) is 5.26 Å². The predicted octanol–water partition coefficient (Wildman–Crippen LogP) is 3.40. The highest BCUT2D eigenvalue weighted by molar-refractivity contribution is 7.91. The van der Waals surface area contributed by atoms with Crippen molar-refractivity contribution in [1.29, 1.82) is 5.26 Å². The molecule has 0 N–H and O–H groups in total. The Morgan fingerprint density at radius 3 is 2.50 bits per heavy atom. The number of hydrogen-bond donors (Lipinski definition) is 0. The van der Waals surface area contributed by atoms with Gasteiger partial charge in [0.15, 0.2) is 0 Å². The van der Waals surface area contributed by atoms with E-state index < -0.39 is 9.84 Å². The summed E-state index contributed by atoms with van der Waals surface area (Å²) in [4.78, 5) is 4.59. The average molecular weight is 364 g/mol. The number of sulfone groups is 1. The Bertz CT molecular complexity index is 1050. The Balaban J connectivity index is 1.75. The SMILES string of the molecule is C/N=C1/c2cc(-c3cccc(C#N)c3)ccc2CC12CCS(=O)(=O)CC2. The van der Waals surface area contributed by atoms with Crippen LogP contribution in [0.3, 0.4) is 0 Å². The minimum atomic E-state index is -2.91. The van der Waals surface area contributed by atoms with Crippen LogP contribution in [0.15, 0.2) is 47.5 Å². The molecular formula is C21H20N2O2S. The maximum absolute atomic E-state index is 11.9. The van der Waals surface area contributed by atoms with Gasteiger partial charge in [0.25, 0.3) is 0 Å². The molecule has 0 saturated carbocycles. The maximum Gasteiger partial charge on any atom is 0.150 e. The molecule has 1 heterocycles. The Morgan fingerprint density at radius 2 is 1.81 bits per heavy atom. The van der Waals surface area contributed by atoms with Crippen molar-refractivity contribution in [2.45, 2.75) is 19.3 Å². The maximum atomic E-state index is 11.9. The first-order valence-corrected chi connectivity index (χ1v) is 10.6. The van der Waals surface area contributed by atoms with Crippen molar-refractivity contribution >= 4 is 15.5 Å². The van der Waals surface area contributed by atoms with Gasteiger partial charge >= 0.3 is 0 Å². The van der Waals surface area contributed by atoms with Crippen molar-refractivity contribution < 1.29 is 8.42 Å². The van der Waals surface area contributed by atoms with Crippen molar-refractivity contribution in [3.05, 3.63) is 59.2 Å². The fourth-order valence-corrected chi connectivity index (χ4v) is 5.94. The summed E-state index contributed by atoms with van der Waals surface area (Å²) in [5.41, 5.74) is 5.98. The van der Waals surface area contributed by atoms with Crippen molar-refractivity contribution in [2.24, 2.45) is 10.4 Å². The monoisotopic (exact) mass is 364 g/mol. The molecule has 0 bridgehead atoms. The largest absolute Gasteiger partial charge is 0.292 e. The fourth-order valence-electron chi connectivity index (χ4n) is 4.33. The first kappa shape index (κ1) is 17.0. The summed E-state index contributed by atoms with van der Waals surface area (Å²) in [7, 11) is -1.11. The summed E-state index contributed by atoms with van der Waals surface area (Å²) in [6, 6.07) is 16.1. The fraction of sp³-hybridized carbons (Fsp3) is 0.333. The molecule has 4 nitrogen and oxygen atoms in total. The van der Waals surface area contributed by atoms with Gasteiger partial charge in [0.05, 0.1) is 23.1 Å². The van der Waals surface area contributed by atoms with E-state index in [9.17, 15) is 8.42 Å². The van der Waals surface area contributed by atoms with Gasteiger partial charge in [-0.3, -0.25) is 4.99 Å². The zero-order valence-corrected chi connectivity index (χ0v) is 15.5. The zero-order valence-electron chi connectivity index (χ0n) is 14.7. The van der Waals surface area contributed by atoms with E-state index in [1.807, 2.05) is 18.2 Å². The summed E-state index contributed by atoms with van der Waals surface area (Å²) in [6.07, 6.45) is 2.16. The second-order valence-electron chi connectivity index (χ2n) is 7.25. The van der Waals surface area contributed by atoms with Gasteiger partial charge in [-0.2, -0.15) is 5.26 Å². The Morgan fingerprint density at radius 1 is 1.08 bits per heavy atom. The molecule has 2 aliphatic rings. The number of nitriles is 1. The second-order valence-corrected chi connectivity index (χ2v) is 9.55. The van der Waals surface area contributed by atoms with E-state index in [0.29, 0.717) is 18.4 Å². The Kier molecular flexibility index (Phi) is 3.96. The lowest BCUT2D eigenvalue weighted by atomic mass is 9.77. The standard InChI is InChI=1S/C21H20N2O2S/c1-23-20-19-12-17(16-4-2-3-15(11-16)14-22)5-6-18(19)13-21(20)7-9-26(24,25)10-8-21/h2-6,11-12H,7-10,13H2,1H3/b23-20-. The van der Waals surface area contributed by atoms with E-state index in [0.717, 1.165) is 28.8 Å². The third kappa shape index (κ3) is 2.75. The molecule has 1 spiro atoms. The summed E-state index contributed by atoms with van der Waals surface area (Å²) < 4.78 is 23.8. The molecule has 1 saturated heterocycles. The van der Waals surface area contributed by atoms with E-state index in [1.165, 1.54) is 5.56 Å². The quantitative estimate of drug-likeness (QED) is 0.779. The lowest BCUT2D eigenvalue weighted by Crippen LogP contribution is -2.38. The van der Waals surface area contributed by atoms with Gasteiger partial charge < -0.3 is 0 Å². The van der Waals surface area contributed by atoms with Gasteiger partial charge in [-0.25, -0.2) is 8.42 Å². The second kappa shape index (κ2) is 6.07. The third-order valence-corrected chi connectivity index (χ3v) is 7.38. The molecular weight excluding hydrogens is 344 g/mol. The number of rotatable bonds is 1. The highest BCUT2D eigenvalue weighted by Gasteiger charge is 2.46. The lowest BCUT2D eigenvalue weighted by Gasteiger charge is -2.33. The summed E-state index contributed by atoms with van der Waals surface area (Å²) in [5, 5.41) is 9.13. The van der Waals surface area contributed by atoms with Crippen LogP contribution in [-0.2, 0) is 16.3 Å². The van der Waals surface area contributed by atoms with E-state index in [1.54, 1.807) is 13.1 Å². The van der Waals surface area contributed by atoms with Crippen molar-refractivity contribution in [2.75, 3.05) is 18.6 Å². The van der Waals surface area contributed by atoms with E-state index in [-0.39, 0.29) is 16.9 Å². The molecule has 5 heteroatoms. The van der Waals surface area contributed by atoms with Gasteiger partial charge in [-0.15, -0.1) is 0 Å². The van der Waals surface area contributed by atoms with Gasteiger partial charge in [0, 0.05) is 18.2 Å². The van der Waals surface area contributed by atoms with Gasteiger partial charge in [0.1, 0.15) is 9.84 Å². The average Bonchev–Trinajstić information content (AvgIpc) is 2.97. The number of aliphatic imine (C=N–C) groups is 1. The smallest absolute Gasteiger partial charge is 0.150 e. The van der Waals surface area contributed by atoms with Crippen LogP contribution in [0.4, 0.5) is 0 Å². The number of benzene rings is 2.